The number of thiophene rings is 1. The van der Waals surface area contributed by atoms with Gasteiger partial charge in [-0.3, -0.25) is 9.59 Å². The molecule has 2 aliphatic rings. The molecule has 160 valence electrons. The van der Waals surface area contributed by atoms with E-state index in [0.717, 1.165) is 55.4 Å². The first-order chi connectivity index (χ1) is 14.4. The number of amides is 2. The Morgan fingerprint density at radius 2 is 1.77 bits per heavy atom. The lowest BCUT2D eigenvalue weighted by molar-refractivity contribution is 0.100. The number of hydrogen-bond acceptors (Lipinski definition) is 5. The molecule has 2 aromatic rings. The average molecular weight is 448 g/mol. The molecule has 0 saturated carbocycles. The first-order valence-electron chi connectivity index (χ1n) is 10.2. The number of benzene rings is 1. The molecule has 3 N–H and O–H groups in total. The fraction of sp³-hybridized carbons (Fsp3) is 0.429. The van der Waals surface area contributed by atoms with Crippen molar-refractivity contribution in [1.29, 1.82) is 0 Å². The molecule has 0 unspecified atom stereocenters. The highest BCUT2D eigenvalue weighted by Gasteiger charge is 2.28. The molecule has 2 amide bonds. The summed E-state index contributed by atoms with van der Waals surface area (Å²) in [5, 5.41) is 3.26. The molecule has 1 saturated heterocycles. The zero-order chi connectivity index (χ0) is 21.3. The molecule has 1 aliphatic heterocycles. The Hall–Kier alpha value is -2.23. The predicted molar refractivity (Wildman–Crippen MR) is 116 cm³/mol. The minimum absolute atomic E-state index is 0.106. The number of hydrogen-bond donors (Lipinski definition) is 2. The highest BCUT2D eigenvalue weighted by Crippen LogP contribution is 2.37. The molecule has 0 atom stereocenters. The van der Waals surface area contributed by atoms with Crippen molar-refractivity contribution < 1.29 is 18.0 Å². The van der Waals surface area contributed by atoms with Crippen LogP contribution in [0.4, 0.5) is 5.00 Å². The summed E-state index contributed by atoms with van der Waals surface area (Å²) in [4.78, 5) is 26.2. The lowest BCUT2D eigenvalue weighted by Crippen LogP contribution is -2.28. The van der Waals surface area contributed by atoms with E-state index in [1.807, 2.05) is 0 Å². The maximum atomic E-state index is 12.9. The highest BCUT2D eigenvalue weighted by atomic mass is 32.2. The summed E-state index contributed by atoms with van der Waals surface area (Å²) in [5.41, 5.74) is 7.21. The summed E-state index contributed by atoms with van der Waals surface area (Å²) in [6.07, 6.45) is 6.50. The number of carbonyl (C=O) groups is 2. The molecule has 1 fully saturated rings. The largest absolute Gasteiger partial charge is 0.365 e. The second-order valence-corrected chi connectivity index (χ2v) is 10.8. The van der Waals surface area contributed by atoms with Crippen LogP contribution in [0.5, 0.6) is 0 Å². The molecule has 1 aromatic carbocycles. The number of carbonyl (C=O) groups excluding carboxylic acids is 2. The second kappa shape index (κ2) is 8.49. The van der Waals surface area contributed by atoms with Crippen LogP contribution in [0.25, 0.3) is 0 Å². The molecule has 2 heterocycles. The van der Waals surface area contributed by atoms with Crippen LogP contribution >= 0.6 is 11.3 Å². The van der Waals surface area contributed by atoms with Crippen LogP contribution in [0, 0.1) is 0 Å². The Morgan fingerprint density at radius 1 is 1.03 bits per heavy atom. The summed E-state index contributed by atoms with van der Waals surface area (Å²) in [6.45, 7) is 1.00. The topological polar surface area (TPSA) is 110 Å². The van der Waals surface area contributed by atoms with Crippen molar-refractivity contribution in [3.05, 3.63) is 45.8 Å². The van der Waals surface area contributed by atoms with Crippen molar-refractivity contribution in [3.63, 3.8) is 0 Å². The molecule has 1 aromatic heterocycles. The summed E-state index contributed by atoms with van der Waals surface area (Å²) >= 11 is 1.40. The third-order valence-corrected chi connectivity index (χ3v) is 8.80. The normalized spacial score (nSPS) is 17.3. The van der Waals surface area contributed by atoms with E-state index in [9.17, 15) is 18.0 Å². The molecule has 7 nitrogen and oxygen atoms in total. The van der Waals surface area contributed by atoms with Crippen molar-refractivity contribution >= 4 is 38.2 Å². The van der Waals surface area contributed by atoms with Crippen molar-refractivity contribution in [2.24, 2.45) is 5.73 Å². The van der Waals surface area contributed by atoms with E-state index >= 15 is 0 Å². The number of aryl methyl sites for hydroxylation is 1. The molecule has 9 heteroatoms. The molecule has 0 bridgehead atoms. The summed E-state index contributed by atoms with van der Waals surface area (Å²) in [5.74, 6) is -0.998. The molecule has 0 spiro atoms. The maximum Gasteiger partial charge on any atom is 0.256 e. The standard InChI is InChI=1S/C21H25N3O4S2/c22-19(25)18-16-9-2-1-3-10-17(16)29-21(18)23-20(26)14-7-6-8-15(13-14)30(27,28)24-11-4-5-12-24/h6-8,13H,1-5,9-12H2,(H2,22,25)(H,23,26). The van der Waals surface area contributed by atoms with Gasteiger partial charge >= 0.3 is 0 Å². The number of fused-ring (bicyclic) bond motifs is 1. The van der Waals surface area contributed by atoms with Gasteiger partial charge in [-0.2, -0.15) is 4.31 Å². The zero-order valence-corrected chi connectivity index (χ0v) is 18.3. The van der Waals surface area contributed by atoms with Gasteiger partial charge in [0.25, 0.3) is 11.8 Å². The van der Waals surface area contributed by atoms with Gasteiger partial charge in [0.15, 0.2) is 0 Å². The van der Waals surface area contributed by atoms with Crippen LogP contribution in [0.3, 0.4) is 0 Å². The van der Waals surface area contributed by atoms with Gasteiger partial charge < -0.3 is 11.1 Å². The van der Waals surface area contributed by atoms with Crippen molar-refractivity contribution in [2.45, 2.75) is 49.8 Å². The molecule has 0 radical (unpaired) electrons. The van der Waals surface area contributed by atoms with E-state index in [-0.39, 0.29) is 10.5 Å². The van der Waals surface area contributed by atoms with E-state index < -0.39 is 21.8 Å². The third-order valence-electron chi connectivity index (χ3n) is 5.69. The average Bonchev–Trinajstić information content (AvgIpc) is 3.32. The number of primary amides is 1. The SMILES string of the molecule is NC(=O)c1c(NC(=O)c2cccc(S(=O)(=O)N3CCCC3)c2)sc2c1CCCCC2. The number of sulfonamides is 1. The van der Waals surface area contributed by atoms with Crippen LogP contribution < -0.4 is 11.1 Å². The van der Waals surface area contributed by atoms with Crippen LogP contribution in [0.1, 0.15) is 63.3 Å². The first kappa shape index (κ1) is 21.0. The smallest absolute Gasteiger partial charge is 0.256 e. The van der Waals surface area contributed by atoms with E-state index in [1.165, 1.54) is 27.8 Å². The molecule has 4 rings (SSSR count). The van der Waals surface area contributed by atoms with Crippen LogP contribution in [0.2, 0.25) is 0 Å². The molecule has 30 heavy (non-hydrogen) atoms. The van der Waals surface area contributed by atoms with E-state index in [1.54, 1.807) is 12.1 Å². The lowest BCUT2D eigenvalue weighted by Gasteiger charge is -2.16. The number of nitrogens with one attached hydrogen (secondary N) is 1. The van der Waals surface area contributed by atoms with Crippen LogP contribution in [-0.4, -0.2) is 37.6 Å². The van der Waals surface area contributed by atoms with E-state index in [4.69, 9.17) is 5.73 Å². The monoisotopic (exact) mass is 447 g/mol. The fourth-order valence-corrected chi connectivity index (χ4v) is 7.00. The van der Waals surface area contributed by atoms with Gasteiger partial charge in [0.2, 0.25) is 10.0 Å². The Morgan fingerprint density at radius 3 is 2.50 bits per heavy atom. The van der Waals surface area contributed by atoms with Gasteiger partial charge in [0.1, 0.15) is 5.00 Å². The quantitative estimate of drug-likeness (QED) is 0.686. The van der Waals surface area contributed by atoms with Crippen molar-refractivity contribution in [2.75, 3.05) is 18.4 Å². The van der Waals surface area contributed by atoms with E-state index in [0.29, 0.717) is 23.7 Å². The molecular weight excluding hydrogens is 422 g/mol. The summed E-state index contributed by atoms with van der Waals surface area (Å²) in [7, 11) is -3.61. The second-order valence-electron chi connectivity index (χ2n) is 7.73. The zero-order valence-electron chi connectivity index (χ0n) is 16.6. The Kier molecular flexibility index (Phi) is 5.95. The Labute approximate surface area is 180 Å². The van der Waals surface area contributed by atoms with Gasteiger partial charge in [0.05, 0.1) is 10.5 Å². The molecular formula is C21H25N3O4S2. The summed E-state index contributed by atoms with van der Waals surface area (Å²) < 4.78 is 27.1. The Bertz CT molecular complexity index is 1090. The van der Waals surface area contributed by atoms with Crippen LogP contribution in [-0.2, 0) is 22.9 Å². The third kappa shape index (κ3) is 4.01. The fourth-order valence-electron chi connectivity index (χ4n) is 4.14. The van der Waals surface area contributed by atoms with Gasteiger partial charge in [-0.25, -0.2) is 8.42 Å². The number of rotatable bonds is 5. The minimum atomic E-state index is -3.61. The van der Waals surface area contributed by atoms with Crippen molar-refractivity contribution in [3.8, 4) is 0 Å². The highest BCUT2D eigenvalue weighted by molar-refractivity contribution is 7.89. The van der Waals surface area contributed by atoms with Gasteiger partial charge in [0, 0.05) is 23.5 Å². The van der Waals surface area contributed by atoms with Gasteiger partial charge in [-0.15, -0.1) is 11.3 Å². The minimum Gasteiger partial charge on any atom is -0.365 e. The van der Waals surface area contributed by atoms with Crippen molar-refractivity contribution in [1.82, 2.24) is 4.31 Å². The van der Waals surface area contributed by atoms with Crippen LogP contribution in [0.15, 0.2) is 29.2 Å². The van der Waals surface area contributed by atoms with Gasteiger partial charge in [-0.05, 0) is 62.3 Å². The maximum absolute atomic E-state index is 12.9. The Balaban J connectivity index is 1.62. The number of nitrogens with two attached hydrogens (primary N) is 1. The lowest BCUT2D eigenvalue weighted by atomic mass is 10.1. The number of nitrogens with zero attached hydrogens (tertiary/aromatic N) is 1. The number of anilines is 1. The predicted octanol–water partition coefficient (Wildman–Crippen LogP) is 3.15. The van der Waals surface area contributed by atoms with Gasteiger partial charge in [-0.1, -0.05) is 12.5 Å². The van der Waals surface area contributed by atoms with E-state index in [2.05, 4.69) is 5.32 Å². The molecule has 1 aliphatic carbocycles. The summed E-state index contributed by atoms with van der Waals surface area (Å²) in [6, 6.07) is 6.04. The first-order valence-corrected chi connectivity index (χ1v) is 12.5.